The fourth-order valence-corrected chi connectivity index (χ4v) is 1.95. The van der Waals surface area contributed by atoms with Gasteiger partial charge in [-0.25, -0.2) is 0 Å². The number of aliphatic hydroxyl groups excluding tert-OH is 1. The first-order chi connectivity index (χ1) is 8.27. The van der Waals surface area contributed by atoms with Crippen molar-refractivity contribution in [1.29, 1.82) is 0 Å². The summed E-state index contributed by atoms with van der Waals surface area (Å²) in [5.74, 6) is 0. The van der Waals surface area contributed by atoms with Gasteiger partial charge in [0.1, 0.15) is 0 Å². The fourth-order valence-electron chi connectivity index (χ4n) is 1.95. The number of hydrogen-bond donors (Lipinski definition) is 1. The molecule has 1 atom stereocenters. The van der Waals surface area contributed by atoms with Gasteiger partial charge < -0.3 is 9.84 Å². The van der Waals surface area contributed by atoms with Gasteiger partial charge in [-0.2, -0.15) is 0 Å². The largest absolute Gasteiger partial charge is 0.391 e. The molecule has 0 saturated carbocycles. The number of ether oxygens (including phenoxy) is 1. The van der Waals surface area contributed by atoms with Crippen LogP contribution in [0.5, 0.6) is 0 Å². The van der Waals surface area contributed by atoms with Crippen molar-refractivity contribution in [3.8, 4) is 0 Å². The molecule has 0 aliphatic rings. The van der Waals surface area contributed by atoms with E-state index in [-0.39, 0.29) is 6.10 Å². The third kappa shape index (κ3) is 15.9. The highest BCUT2D eigenvalue weighted by Gasteiger charge is 1.95. The lowest BCUT2D eigenvalue weighted by molar-refractivity contribution is 0.0445. The lowest BCUT2D eigenvalue weighted by Gasteiger charge is -2.06. The molecule has 0 bridgehead atoms. The average molecular weight is 244 g/mol. The summed E-state index contributed by atoms with van der Waals surface area (Å²) in [6, 6.07) is 0. The van der Waals surface area contributed by atoms with E-state index in [1.165, 1.54) is 57.8 Å². The third-order valence-corrected chi connectivity index (χ3v) is 3.00. The van der Waals surface area contributed by atoms with E-state index in [0.29, 0.717) is 6.61 Å². The zero-order chi connectivity index (χ0) is 12.8. The highest BCUT2D eigenvalue weighted by molar-refractivity contribution is 4.48. The van der Waals surface area contributed by atoms with Crippen LogP contribution in [0.2, 0.25) is 0 Å². The SMILES string of the molecule is CCCCCCCCCCCCOC[C@@H](C)O. The minimum absolute atomic E-state index is 0.321. The smallest absolute Gasteiger partial charge is 0.0745 e. The van der Waals surface area contributed by atoms with Crippen molar-refractivity contribution >= 4 is 0 Å². The van der Waals surface area contributed by atoms with Gasteiger partial charge in [-0.1, -0.05) is 64.7 Å². The first-order valence-electron chi connectivity index (χ1n) is 7.53. The van der Waals surface area contributed by atoms with Crippen molar-refractivity contribution in [2.45, 2.75) is 84.2 Å². The maximum Gasteiger partial charge on any atom is 0.0745 e. The lowest BCUT2D eigenvalue weighted by atomic mass is 10.1. The number of hydrogen-bond acceptors (Lipinski definition) is 2. The highest BCUT2D eigenvalue weighted by Crippen LogP contribution is 2.10. The van der Waals surface area contributed by atoms with Crippen LogP contribution in [0.25, 0.3) is 0 Å². The molecule has 17 heavy (non-hydrogen) atoms. The molecule has 0 fully saturated rings. The van der Waals surface area contributed by atoms with E-state index in [4.69, 9.17) is 9.84 Å². The van der Waals surface area contributed by atoms with Crippen molar-refractivity contribution in [2.24, 2.45) is 0 Å². The Kier molecular flexibility index (Phi) is 13.9. The highest BCUT2D eigenvalue weighted by atomic mass is 16.5. The summed E-state index contributed by atoms with van der Waals surface area (Å²) in [6.07, 6.45) is 13.2. The van der Waals surface area contributed by atoms with E-state index in [1.807, 2.05) is 0 Å². The Hall–Kier alpha value is -0.0800. The van der Waals surface area contributed by atoms with Crippen LogP contribution in [-0.2, 0) is 4.74 Å². The van der Waals surface area contributed by atoms with E-state index >= 15 is 0 Å². The molecule has 0 aliphatic heterocycles. The molecule has 0 saturated heterocycles. The van der Waals surface area contributed by atoms with E-state index in [9.17, 15) is 0 Å². The molecule has 0 unspecified atom stereocenters. The normalized spacial score (nSPS) is 12.9. The zero-order valence-electron chi connectivity index (χ0n) is 11.9. The second kappa shape index (κ2) is 14.0. The van der Waals surface area contributed by atoms with Gasteiger partial charge in [0.05, 0.1) is 12.7 Å². The van der Waals surface area contributed by atoms with Crippen molar-refractivity contribution in [1.82, 2.24) is 0 Å². The summed E-state index contributed by atoms with van der Waals surface area (Å²) in [5, 5.41) is 8.99. The van der Waals surface area contributed by atoms with Gasteiger partial charge in [-0.05, 0) is 13.3 Å². The molecule has 0 radical (unpaired) electrons. The Morgan fingerprint density at radius 3 is 1.76 bits per heavy atom. The van der Waals surface area contributed by atoms with Gasteiger partial charge in [0.25, 0.3) is 0 Å². The second-order valence-corrected chi connectivity index (χ2v) is 5.11. The molecule has 0 aromatic heterocycles. The van der Waals surface area contributed by atoms with Crippen LogP contribution in [-0.4, -0.2) is 24.4 Å². The summed E-state index contributed by atoms with van der Waals surface area (Å²) in [7, 11) is 0. The lowest BCUT2D eigenvalue weighted by Crippen LogP contribution is -2.10. The van der Waals surface area contributed by atoms with Gasteiger partial charge in [-0.3, -0.25) is 0 Å². The number of rotatable bonds is 13. The topological polar surface area (TPSA) is 29.5 Å². The molecule has 0 aromatic rings. The molecule has 1 N–H and O–H groups in total. The first kappa shape index (κ1) is 16.9. The van der Waals surface area contributed by atoms with Crippen LogP contribution >= 0.6 is 0 Å². The molecule has 0 heterocycles. The molecule has 2 heteroatoms. The molecule has 0 rings (SSSR count). The monoisotopic (exact) mass is 244 g/mol. The molecule has 0 amide bonds. The molecular formula is C15H32O2. The minimum Gasteiger partial charge on any atom is -0.391 e. The predicted octanol–water partition coefficient (Wildman–Crippen LogP) is 4.30. The third-order valence-electron chi connectivity index (χ3n) is 3.00. The number of unbranched alkanes of at least 4 members (excludes halogenated alkanes) is 9. The molecular weight excluding hydrogens is 212 g/mol. The van der Waals surface area contributed by atoms with Crippen LogP contribution in [0, 0.1) is 0 Å². The maximum atomic E-state index is 8.99. The quantitative estimate of drug-likeness (QED) is 0.489. The summed E-state index contributed by atoms with van der Waals surface area (Å²) < 4.78 is 5.32. The molecule has 2 nitrogen and oxygen atoms in total. The Morgan fingerprint density at radius 1 is 0.824 bits per heavy atom. The van der Waals surface area contributed by atoms with E-state index in [0.717, 1.165) is 13.0 Å². The fraction of sp³-hybridized carbons (Fsp3) is 1.00. The number of aliphatic hydroxyl groups is 1. The van der Waals surface area contributed by atoms with Crippen LogP contribution in [0.15, 0.2) is 0 Å². The Bertz CT molecular complexity index is 135. The predicted molar refractivity (Wildman–Crippen MR) is 74.3 cm³/mol. The van der Waals surface area contributed by atoms with Gasteiger partial charge in [0, 0.05) is 6.61 Å². The standard InChI is InChI=1S/C15H32O2/c1-3-4-5-6-7-8-9-10-11-12-13-17-14-15(2)16/h15-16H,3-14H2,1-2H3/t15-/m1/s1. The summed E-state index contributed by atoms with van der Waals surface area (Å²) >= 11 is 0. The molecule has 0 aliphatic carbocycles. The van der Waals surface area contributed by atoms with Gasteiger partial charge in [0.15, 0.2) is 0 Å². The van der Waals surface area contributed by atoms with E-state index in [2.05, 4.69) is 6.92 Å². The van der Waals surface area contributed by atoms with Crippen molar-refractivity contribution in [2.75, 3.05) is 13.2 Å². The molecule has 0 spiro atoms. The summed E-state index contributed by atoms with van der Waals surface area (Å²) in [6.45, 7) is 5.32. The van der Waals surface area contributed by atoms with E-state index < -0.39 is 0 Å². The van der Waals surface area contributed by atoms with Crippen molar-refractivity contribution < 1.29 is 9.84 Å². The molecule has 0 aromatic carbocycles. The van der Waals surface area contributed by atoms with Crippen LogP contribution in [0.4, 0.5) is 0 Å². The Labute approximate surface area is 108 Å². The zero-order valence-corrected chi connectivity index (χ0v) is 11.9. The summed E-state index contributed by atoms with van der Waals surface area (Å²) in [5.41, 5.74) is 0. The maximum absolute atomic E-state index is 8.99. The molecule has 104 valence electrons. The Balaban J connectivity index is 2.89. The van der Waals surface area contributed by atoms with Gasteiger partial charge in [-0.15, -0.1) is 0 Å². The van der Waals surface area contributed by atoms with Gasteiger partial charge in [0.2, 0.25) is 0 Å². The first-order valence-corrected chi connectivity index (χ1v) is 7.53. The van der Waals surface area contributed by atoms with Crippen molar-refractivity contribution in [3.05, 3.63) is 0 Å². The summed E-state index contributed by atoms with van der Waals surface area (Å²) in [4.78, 5) is 0. The van der Waals surface area contributed by atoms with Crippen LogP contribution in [0.1, 0.15) is 78.1 Å². The Morgan fingerprint density at radius 2 is 1.29 bits per heavy atom. The minimum atomic E-state index is -0.321. The van der Waals surface area contributed by atoms with E-state index in [1.54, 1.807) is 6.92 Å². The second-order valence-electron chi connectivity index (χ2n) is 5.11. The average Bonchev–Trinajstić information content (AvgIpc) is 2.30. The van der Waals surface area contributed by atoms with Crippen LogP contribution in [0.3, 0.4) is 0 Å². The van der Waals surface area contributed by atoms with Gasteiger partial charge >= 0.3 is 0 Å². The van der Waals surface area contributed by atoms with Crippen LogP contribution < -0.4 is 0 Å². The van der Waals surface area contributed by atoms with Crippen molar-refractivity contribution in [3.63, 3.8) is 0 Å².